The molecule has 1 atom stereocenters. The van der Waals surface area contributed by atoms with E-state index in [2.05, 4.69) is 42.6 Å². The van der Waals surface area contributed by atoms with E-state index in [1.54, 1.807) is 6.20 Å². The van der Waals surface area contributed by atoms with Gasteiger partial charge in [0.15, 0.2) is 9.35 Å². The van der Waals surface area contributed by atoms with Gasteiger partial charge in [-0.15, -0.1) is 0 Å². The van der Waals surface area contributed by atoms with Crippen LogP contribution in [0.4, 0.5) is 24.7 Å². The first-order valence-corrected chi connectivity index (χ1v) is 13.4. The molecule has 6 rings (SSSR count). The molecule has 9 nitrogen and oxygen atoms in total. The van der Waals surface area contributed by atoms with Crippen molar-refractivity contribution in [3.8, 4) is 0 Å². The summed E-state index contributed by atoms with van der Waals surface area (Å²) >= 11 is 2.19. The monoisotopic (exact) mass is 627 g/mol. The van der Waals surface area contributed by atoms with Crippen LogP contribution < -0.4 is 9.80 Å². The maximum atomic E-state index is 13.1. The van der Waals surface area contributed by atoms with Gasteiger partial charge in [0.1, 0.15) is 17.0 Å². The van der Waals surface area contributed by atoms with E-state index in [-0.39, 0.29) is 23.1 Å². The average Bonchev–Trinajstić information content (AvgIpc) is 3.40. The smallest absolute Gasteiger partial charge is 0.379 e. The van der Waals surface area contributed by atoms with Gasteiger partial charge < -0.3 is 14.5 Å². The molecule has 13 heteroatoms. The topological polar surface area (TPSA) is 89.3 Å². The van der Waals surface area contributed by atoms with Crippen molar-refractivity contribution in [1.29, 1.82) is 0 Å². The maximum absolute atomic E-state index is 13.1. The molecule has 1 amide bonds. The van der Waals surface area contributed by atoms with E-state index in [0.29, 0.717) is 32.7 Å². The van der Waals surface area contributed by atoms with Gasteiger partial charge in [-0.25, -0.2) is 14.6 Å². The van der Waals surface area contributed by atoms with Crippen LogP contribution >= 0.6 is 22.6 Å². The summed E-state index contributed by atoms with van der Waals surface area (Å²) in [7, 11) is 0. The van der Waals surface area contributed by atoms with Crippen molar-refractivity contribution in [1.82, 2.24) is 24.7 Å². The first-order chi connectivity index (χ1) is 17.7. The fraction of sp³-hybridized carbons (Fsp3) is 0.542. The molecule has 37 heavy (non-hydrogen) atoms. The molecule has 0 radical (unpaired) electrons. The Morgan fingerprint density at radius 1 is 1.19 bits per heavy atom. The van der Waals surface area contributed by atoms with E-state index in [1.807, 2.05) is 4.68 Å². The second kappa shape index (κ2) is 9.33. The molecule has 0 N–H and O–H groups in total. The maximum Gasteiger partial charge on any atom is 0.433 e. The van der Waals surface area contributed by atoms with Crippen LogP contribution in [0.3, 0.4) is 0 Å². The highest BCUT2D eigenvalue weighted by molar-refractivity contribution is 14.1. The molecule has 6 heterocycles. The normalized spacial score (nSPS) is 22.4. The number of anilines is 2. The van der Waals surface area contributed by atoms with Gasteiger partial charge >= 0.3 is 6.18 Å². The van der Waals surface area contributed by atoms with Crippen LogP contribution in [0.5, 0.6) is 0 Å². The Labute approximate surface area is 224 Å². The number of amides is 1. The van der Waals surface area contributed by atoms with E-state index in [4.69, 9.17) is 9.72 Å². The zero-order chi connectivity index (χ0) is 25.8. The molecule has 3 aliphatic rings. The van der Waals surface area contributed by atoms with Gasteiger partial charge in [0, 0.05) is 50.0 Å². The molecular formula is C24H25F3IN7O2. The van der Waals surface area contributed by atoms with Crippen molar-refractivity contribution in [3.05, 3.63) is 33.9 Å². The highest BCUT2D eigenvalue weighted by Crippen LogP contribution is 2.44. The van der Waals surface area contributed by atoms with Crippen molar-refractivity contribution in [3.63, 3.8) is 0 Å². The summed E-state index contributed by atoms with van der Waals surface area (Å²) in [6.07, 6.45) is 2.09. The van der Waals surface area contributed by atoms with Crippen LogP contribution in [0.2, 0.25) is 0 Å². The van der Waals surface area contributed by atoms with Crippen molar-refractivity contribution in [2.75, 3.05) is 42.6 Å². The van der Waals surface area contributed by atoms with Gasteiger partial charge in [0.05, 0.1) is 18.8 Å². The molecule has 0 bridgehead atoms. The summed E-state index contributed by atoms with van der Waals surface area (Å²) in [6.45, 7) is 3.14. The van der Waals surface area contributed by atoms with E-state index >= 15 is 0 Å². The summed E-state index contributed by atoms with van der Waals surface area (Å²) < 4.78 is 47.8. The summed E-state index contributed by atoms with van der Waals surface area (Å²) in [5.41, 5.74) is 0.506. The van der Waals surface area contributed by atoms with Crippen molar-refractivity contribution < 1.29 is 22.7 Å². The number of hydrogen-bond donors (Lipinski definition) is 0. The first-order valence-electron chi connectivity index (χ1n) is 12.3. The fourth-order valence-corrected chi connectivity index (χ4v) is 6.22. The minimum absolute atomic E-state index is 0.135. The third kappa shape index (κ3) is 4.64. The predicted molar refractivity (Wildman–Crippen MR) is 137 cm³/mol. The molecule has 0 aliphatic carbocycles. The Bertz CT molecular complexity index is 1330. The number of carbonyl (C=O) groups is 1. The lowest BCUT2D eigenvalue weighted by Crippen LogP contribution is -2.42. The number of ether oxygens (including phenoxy) is 1. The molecule has 3 aliphatic heterocycles. The standard InChI is InChI=1S/C24H25F3IN7O2/c25-24(26,27)17-10-15(3-6-29-17)34-14-23(11-19(34)36)4-7-33(8-5-23)18-12-30-20-21(28)32-35(22(20)31-18)16-2-1-9-37-13-16/h3,6,10,12,16H,1-2,4-5,7-9,11,13-14H2. The predicted octanol–water partition coefficient (Wildman–Crippen LogP) is 4.22. The summed E-state index contributed by atoms with van der Waals surface area (Å²) in [5, 5.41) is 4.69. The highest BCUT2D eigenvalue weighted by atomic mass is 127. The third-order valence-corrected chi connectivity index (χ3v) is 8.37. The molecule has 1 unspecified atom stereocenters. The molecule has 3 saturated heterocycles. The number of nitrogens with zero attached hydrogens (tertiary/aromatic N) is 7. The Balaban J connectivity index is 1.18. The number of piperidine rings is 1. The van der Waals surface area contributed by atoms with Crippen LogP contribution in [-0.2, 0) is 15.7 Å². The largest absolute Gasteiger partial charge is 0.433 e. The first kappa shape index (κ1) is 24.8. The van der Waals surface area contributed by atoms with E-state index in [9.17, 15) is 18.0 Å². The van der Waals surface area contributed by atoms with Crippen molar-refractivity contribution in [2.24, 2.45) is 5.41 Å². The number of pyridine rings is 1. The summed E-state index contributed by atoms with van der Waals surface area (Å²) in [6, 6.07) is 2.56. The molecular weight excluding hydrogens is 602 g/mol. The highest BCUT2D eigenvalue weighted by Gasteiger charge is 2.46. The number of carbonyl (C=O) groups excluding carboxylic acids is 1. The minimum atomic E-state index is -4.55. The zero-order valence-electron chi connectivity index (χ0n) is 19.9. The number of alkyl halides is 3. The van der Waals surface area contributed by atoms with Gasteiger partial charge in [0.25, 0.3) is 0 Å². The molecule has 196 valence electrons. The molecule has 0 aromatic carbocycles. The van der Waals surface area contributed by atoms with Crippen LogP contribution in [0, 0.1) is 9.12 Å². The lowest BCUT2D eigenvalue weighted by molar-refractivity contribution is -0.141. The SMILES string of the molecule is O=C1CC2(CCN(c3cnc4c(I)nn(C5CCCOC5)c4n3)CC2)CN1c1ccnc(C(F)(F)F)c1. The molecule has 3 fully saturated rings. The molecule has 3 aromatic heterocycles. The fourth-order valence-electron chi connectivity index (χ4n) is 5.61. The zero-order valence-corrected chi connectivity index (χ0v) is 22.1. The summed E-state index contributed by atoms with van der Waals surface area (Å²) in [4.78, 5) is 29.5. The number of halogens is 4. The molecule has 3 aromatic rings. The Kier molecular flexibility index (Phi) is 6.24. The van der Waals surface area contributed by atoms with Crippen LogP contribution in [0.25, 0.3) is 11.2 Å². The van der Waals surface area contributed by atoms with Gasteiger partial charge in [-0.05, 0) is 60.4 Å². The van der Waals surface area contributed by atoms with E-state index in [1.165, 1.54) is 11.0 Å². The van der Waals surface area contributed by atoms with Crippen molar-refractivity contribution >= 4 is 51.2 Å². The second-order valence-corrected chi connectivity index (χ2v) is 11.1. The lowest BCUT2D eigenvalue weighted by atomic mass is 9.77. The second-order valence-electron chi connectivity index (χ2n) is 10.0. The van der Waals surface area contributed by atoms with E-state index in [0.717, 1.165) is 65.2 Å². The minimum Gasteiger partial charge on any atom is -0.379 e. The van der Waals surface area contributed by atoms with Gasteiger partial charge in [-0.2, -0.15) is 18.3 Å². The lowest BCUT2D eigenvalue weighted by Gasteiger charge is -2.39. The van der Waals surface area contributed by atoms with Crippen molar-refractivity contribution in [2.45, 2.75) is 44.3 Å². The van der Waals surface area contributed by atoms with Crippen LogP contribution in [-0.4, -0.2) is 63.5 Å². The summed E-state index contributed by atoms with van der Waals surface area (Å²) in [5.74, 6) is 0.615. The Hall–Kier alpha value is -2.55. The third-order valence-electron chi connectivity index (χ3n) is 7.65. The Morgan fingerprint density at radius 3 is 2.73 bits per heavy atom. The number of fused-ring (bicyclic) bond motifs is 1. The van der Waals surface area contributed by atoms with Crippen LogP contribution in [0.15, 0.2) is 24.5 Å². The van der Waals surface area contributed by atoms with Gasteiger partial charge in [-0.1, -0.05) is 0 Å². The molecule has 0 saturated carbocycles. The van der Waals surface area contributed by atoms with Gasteiger partial charge in [-0.3, -0.25) is 9.78 Å². The quantitative estimate of drug-likeness (QED) is 0.402. The van der Waals surface area contributed by atoms with Gasteiger partial charge in [0.2, 0.25) is 5.91 Å². The number of aromatic nitrogens is 5. The Morgan fingerprint density at radius 2 is 2.00 bits per heavy atom. The van der Waals surface area contributed by atoms with Crippen LogP contribution in [0.1, 0.15) is 43.8 Å². The molecule has 1 spiro atoms. The average molecular weight is 627 g/mol. The number of rotatable bonds is 3. The van der Waals surface area contributed by atoms with E-state index < -0.39 is 11.9 Å². The number of hydrogen-bond acceptors (Lipinski definition) is 7.